The number of carbonyl (C=O) groups excluding carboxylic acids is 1. The summed E-state index contributed by atoms with van der Waals surface area (Å²) in [5, 5.41) is 9.95. The Morgan fingerprint density at radius 3 is 2.62 bits per heavy atom. The average Bonchev–Trinajstić information content (AvgIpc) is 2.78. The molecule has 1 aliphatic rings. The third-order valence-electron chi connectivity index (χ3n) is 2.89. The van der Waals surface area contributed by atoms with Crippen LogP contribution >= 0.6 is 46.6 Å². The molecular formula is C13H14Cl3NO3S. The van der Waals surface area contributed by atoms with Gasteiger partial charge in [-0.15, -0.1) is 11.8 Å². The topological polar surface area (TPSA) is 49.8 Å². The predicted molar refractivity (Wildman–Crippen MR) is 85.3 cm³/mol. The minimum absolute atomic E-state index is 0.104. The lowest BCUT2D eigenvalue weighted by atomic mass is 10.3. The highest BCUT2D eigenvalue weighted by Crippen LogP contribution is 2.31. The Balaban J connectivity index is 1.87. The minimum atomic E-state index is -1.63. The summed E-state index contributed by atoms with van der Waals surface area (Å²) >= 11 is 18.1. The first-order valence-corrected chi connectivity index (χ1v) is 8.25. The number of thioether (sulfide) groups is 1. The molecule has 0 aromatic heterocycles. The Hall–Kier alpha value is -0.330. The molecule has 21 heavy (non-hydrogen) atoms. The third kappa shape index (κ3) is 5.42. The molecule has 8 heteroatoms. The molecule has 1 N–H and O–H groups in total. The number of carbonyl (C=O) groups is 1. The Morgan fingerprint density at radius 1 is 1.33 bits per heavy atom. The van der Waals surface area contributed by atoms with Crippen LogP contribution in [0.3, 0.4) is 0 Å². The van der Waals surface area contributed by atoms with Crippen LogP contribution in [0, 0.1) is 0 Å². The summed E-state index contributed by atoms with van der Waals surface area (Å²) in [5.74, 6) is 0. The number of hydrogen-bond acceptors (Lipinski definition) is 4. The monoisotopic (exact) mass is 369 g/mol. The first-order valence-electron chi connectivity index (χ1n) is 6.23. The second kappa shape index (κ2) is 7.29. The standard InChI is InChI=1S/C13H14Cl3NO3S/c14-13(15,16)8-20-12(19)17-6-10(18)11(7-17)21-9-4-2-1-3-5-9/h1-5,10-11,18H,6-8H2. The van der Waals surface area contributed by atoms with Gasteiger partial charge < -0.3 is 14.7 Å². The van der Waals surface area contributed by atoms with Crippen molar-refractivity contribution < 1.29 is 14.6 Å². The van der Waals surface area contributed by atoms with Gasteiger partial charge in [-0.3, -0.25) is 0 Å². The van der Waals surface area contributed by atoms with Gasteiger partial charge >= 0.3 is 6.09 Å². The summed E-state index contributed by atoms with van der Waals surface area (Å²) in [7, 11) is 0. The van der Waals surface area contributed by atoms with Gasteiger partial charge in [0, 0.05) is 11.4 Å². The summed E-state index contributed by atoms with van der Waals surface area (Å²) in [5.41, 5.74) is 0. The highest BCUT2D eigenvalue weighted by Gasteiger charge is 2.36. The van der Waals surface area contributed by atoms with Crippen LogP contribution in [-0.2, 0) is 4.74 Å². The first-order chi connectivity index (χ1) is 9.85. The van der Waals surface area contributed by atoms with E-state index in [-0.39, 0.29) is 18.4 Å². The van der Waals surface area contributed by atoms with Crippen molar-refractivity contribution in [3.8, 4) is 0 Å². The quantitative estimate of drug-likeness (QED) is 0.829. The smallest absolute Gasteiger partial charge is 0.410 e. The molecule has 4 nitrogen and oxygen atoms in total. The molecule has 1 aliphatic heterocycles. The van der Waals surface area contributed by atoms with Crippen LogP contribution in [-0.4, -0.2) is 50.9 Å². The second-order valence-corrected chi connectivity index (χ2v) is 8.44. The largest absolute Gasteiger partial charge is 0.445 e. The van der Waals surface area contributed by atoms with Gasteiger partial charge in [0.25, 0.3) is 0 Å². The average molecular weight is 371 g/mol. The molecule has 1 aromatic rings. The van der Waals surface area contributed by atoms with Crippen molar-refractivity contribution >= 4 is 52.7 Å². The maximum Gasteiger partial charge on any atom is 0.410 e. The van der Waals surface area contributed by atoms with E-state index in [0.29, 0.717) is 6.54 Å². The fourth-order valence-corrected chi connectivity index (χ4v) is 3.26. The molecule has 1 fully saturated rings. The normalized spacial score (nSPS) is 22.4. The molecule has 1 aromatic carbocycles. The molecule has 1 heterocycles. The Kier molecular flexibility index (Phi) is 5.91. The first kappa shape index (κ1) is 17.0. The highest BCUT2D eigenvalue weighted by atomic mass is 35.6. The summed E-state index contributed by atoms with van der Waals surface area (Å²) in [4.78, 5) is 14.3. The number of alkyl halides is 3. The van der Waals surface area contributed by atoms with E-state index >= 15 is 0 Å². The molecule has 0 aliphatic carbocycles. The van der Waals surface area contributed by atoms with Gasteiger partial charge in [0.2, 0.25) is 3.79 Å². The minimum Gasteiger partial charge on any atom is -0.445 e. The van der Waals surface area contributed by atoms with E-state index in [2.05, 4.69) is 0 Å². The Morgan fingerprint density at radius 2 is 2.00 bits per heavy atom. The molecule has 2 rings (SSSR count). The number of hydrogen-bond donors (Lipinski definition) is 1. The molecular weight excluding hydrogens is 357 g/mol. The Bertz CT molecular complexity index is 483. The van der Waals surface area contributed by atoms with Crippen LogP contribution in [0.1, 0.15) is 0 Å². The maximum atomic E-state index is 11.8. The van der Waals surface area contributed by atoms with Gasteiger partial charge in [0.05, 0.1) is 17.9 Å². The van der Waals surface area contributed by atoms with E-state index < -0.39 is 16.0 Å². The van der Waals surface area contributed by atoms with Crippen molar-refractivity contribution in [2.75, 3.05) is 19.7 Å². The summed E-state index contributed by atoms with van der Waals surface area (Å²) in [6.07, 6.45) is -1.20. The lowest BCUT2D eigenvalue weighted by Gasteiger charge is -2.18. The molecule has 0 bridgehead atoms. The van der Waals surface area contributed by atoms with Crippen molar-refractivity contribution in [3.05, 3.63) is 30.3 Å². The van der Waals surface area contributed by atoms with Crippen molar-refractivity contribution in [2.45, 2.75) is 20.0 Å². The fraction of sp³-hybridized carbons (Fsp3) is 0.462. The zero-order valence-electron chi connectivity index (χ0n) is 10.9. The van der Waals surface area contributed by atoms with Crippen molar-refractivity contribution in [2.24, 2.45) is 0 Å². The van der Waals surface area contributed by atoms with E-state index in [9.17, 15) is 9.90 Å². The van der Waals surface area contributed by atoms with Gasteiger partial charge in [0.1, 0.15) is 6.61 Å². The van der Waals surface area contributed by atoms with Crippen LogP contribution in [0.2, 0.25) is 0 Å². The molecule has 0 saturated carbocycles. The number of benzene rings is 1. The van der Waals surface area contributed by atoms with Gasteiger partial charge in [-0.05, 0) is 12.1 Å². The summed E-state index contributed by atoms with van der Waals surface area (Å²) in [6, 6.07) is 9.70. The number of β-amino-alcohol motifs (C(OH)–C–C–N with tert-alkyl or cyclic N) is 1. The van der Waals surface area contributed by atoms with Gasteiger partial charge in [-0.2, -0.15) is 0 Å². The zero-order chi connectivity index (χ0) is 15.5. The van der Waals surface area contributed by atoms with E-state index in [1.54, 1.807) is 0 Å². The third-order valence-corrected chi connectivity index (χ3v) is 4.52. The predicted octanol–water partition coefficient (Wildman–Crippen LogP) is 3.33. The van der Waals surface area contributed by atoms with E-state index in [1.165, 1.54) is 16.7 Å². The van der Waals surface area contributed by atoms with Crippen molar-refractivity contribution in [1.82, 2.24) is 4.90 Å². The van der Waals surface area contributed by atoms with E-state index in [0.717, 1.165) is 4.90 Å². The maximum absolute atomic E-state index is 11.8. The number of likely N-dealkylation sites (tertiary alicyclic amines) is 1. The number of amides is 1. The van der Waals surface area contributed by atoms with E-state index in [1.807, 2.05) is 30.3 Å². The number of halogens is 3. The molecule has 2 unspecified atom stereocenters. The number of nitrogens with zero attached hydrogens (tertiary/aromatic N) is 1. The summed E-state index contributed by atoms with van der Waals surface area (Å²) in [6.45, 7) is 0.280. The fourth-order valence-electron chi connectivity index (χ4n) is 1.93. The van der Waals surface area contributed by atoms with Crippen LogP contribution < -0.4 is 0 Å². The SMILES string of the molecule is O=C(OCC(Cl)(Cl)Cl)N1CC(O)C(Sc2ccccc2)C1. The molecule has 2 atom stereocenters. The molecule has 116 valence electrons. The Labute approximate surface area is 142 Å². The van der Waals surface area contributed by atoms with Crippen LogP contribution in [0.15, 0.2) is 35.2 Å². The zero-order valence-corrected chi connectivity index (χ0v) is 14.0. The molecule has 1 saturated heterocycles. The van der Waals surface area contributed by atoms with Crippen LogP contribution in [0.5, 0.6) is 0 Å². The molecule has 0 radical (unpaired) electrons. The van der Waals surface area contributed by atoms with E-state index in [4.69, 9.17) is 39.5 Å². The summed E-state index contributed by atoms with van der Waals surface area (Å²) < 4.78 is 3.28. The molecule has 0 spiro atoms. The van der Waals surface area contributed by atoms with Crippen molar-refractivity contribution in [1.29, 1.82) is 0 Å². The van der Waals surface area contributed by atoms with Crippen molar-refractivity contribution in [3.63, 3.8) is 0 Å². The lowest BCUT2D eigenvalue weighted by molar-refractivity contribution is 0.104. The number of aliphatic hydroxyl groups is 1. The lowest BCUT2D eigenvalue weighted by Crippen LogP contribution is -2.32. The van der Waals surface area contributed by atoms with Gasteiger partial charge in [-0.1, -0.05) is 53.0 Å². The number of aliphatic hydroxyl groups excluding tert-OH is 1. The van der Waals surface area contributed by atoms with Crippen LogP contribution in [0.25, 0.3) is 0 Å². The highest BCUT2D eigenvalue weighted by molar-refractivity contribution is 8.00. The van der Waals surface area contributed by atoms with Gasteiger partial charge in [0.15, 0.2) is 0 Å². The second-order valence-electron chi connectivity index (χ2n) is 4.61. The number of ether oxygens (including phenoxy) is 1. The number of rotatable bonds is 3. The van der Waals surface area contributed by atoms with Crippen LogP contribution in [0.4, 0.5) is 4.79 Å². The molecule has 1 amide bonds. The van der Waals surface area contributed by atoms with Gasteiger partial charge in [-0.25, -0.2) is 4.79 Å².